The summed E-state index contributed by atoms with van der Waals surface area (Å²) in [7, 11) is 0. The third-order valence-electron chi connectivity index (χ3n) is 2.92. The lowest BCUT2D eigenvalue weighted by atomic mass is 10.1. The smallest absolute Gasteiger partial charge is 0.242 e. The van der Waals surface area contributed by atoms with Crippen molar-refractivity contribution in [1.82, 2.24) is 10.3 Å². The van der Waals surface area contributed by atoms with Gasteiger partial charge in [0.05, 0.1) is 5.69 Å². The van der Waals surface area contributed by atoms with Crippen LogP contribution in [0.4, 0.5) is 5.69 Å². The second kappa shape index (κ2) is 4.83. The molecule has 1 N–H and O–H groups in total. The molecule has 1 aliphatic rings. The minimum Gasteiger partial charge on any atom is -0.355 e. The zero-order valence-electron chi connectivity index (χ0n) is 9.68. The number of aromatic nitrogens is 1. The highest BCUT2D eigenvalue weighted by atomic mass is 16.2. The van der Waals surface area contributed by atoms with Gasteiger partial charge in [-0.1, -0.05) is 6.92 Å². The van der Waals surface area contributed by atoms with Crippen LogP contribution in [0, 0.1) is 11.3 Å². The third kappa shape index (κ3) is 2.07. The van der Waals surface area contributed by atoms with E-state index < -0.39 is 0 Å². The monoisotopic (exact) mass is 230 g/mol. The number of nitrogens with zero attached hydrogens (tertiary/aromatic N) is 3. The summed E-state index contributed by atoms with van der Waals surface area (Å²) in [4.78, 5) is 17.7. The van der Waals surface area contributed by atoms with E-state index in [1.807, 2.05) is 17.9 Å². The number of amides is 1. The van der Waals surface area contributed by atoms with E-state index in [1.165, 1.54) is 0 Å². The van der Waals surface area contributed by atoms with Crippen LogP contribution in [0.2, 0.25) is 0 Å². The van der Waals surface area contributed by atoms with Crippen LogP contribution >= 0.6 is 0 Å². The Morgan fingerprint density at radius 3 is 3.24 bits per heavy atom. The predicted octanol–water partition coefficient (Wildman–Crippen LogP) is 0.668. The highest BCUT2D eigenvalue weighted by Crippen LogP contribution is 2.22. The Kier molecular flexibility index (Phi) is 3.24. The minimum absolute atomic E-state index is 0.0199. The van der Waals surface area contributed by atoms with Crippen molar-refractivity contribution in [3.63, 3.8) is 0 Å². The summed E-state index contributed by atoms with van der Waals surface area (Å²) in [6, 6.07) is 5.49. The molecule has 0 bridgehead atoms. The Bertz CT molecular complexity index is 466. The summed E-state index contributed by atoms with van der Waals surface area (Å²) in [5, 5.41) is 11.9. The first-order valence-electron chi connectivity index (χ1n) is 5.67. The maximum Gasteiger partial charge on any atom is 0.242 e. The standard InChI is InChI=1S/C12H14N4O/c1-2-10-12(17)15-6-7-16(10)11-4-3-5-14-9(11)8-13/h3-5,10H,2,6-7H2,1H3,(H,15,17). The number of carbonyl (C=O) groups excluding carboxylic acids is 1. The van der Waals surface area contributed by atoms with E-state index in [1.54, 1.807) is 12.3 Å². The molecule has 88 valence electrons. The molecule has 0 spiro atoms. The molecule has 0 radical (unpaired) electrons. The molecule has 17 heavy (non-hydrogen) atoms. The molecule has 2 rings (SSSR count). The quantitative estimate of drug-likeness (QED) is 0.810. The predicted molar refractivity (Wildman–Crippen MR) is 63.4 cm³/mol. The van der Waals surface area contributed by atoms with Crippen LogP contribution in [-0.4, -0.2) is 30.0 Å². The van der Waals surface area contributed by atoms with Crippen LogP contribution in [-0.2, 0) is 4.79 Å². The summed E-state index contributed by atoms with van der Waals surface area (Å²) in [6.45, 7) is 3.28. The van der Waals surface area contributed by atoms with E-state index in [-0.39, 0.29) is 11.9 Å². The Hall–Kier alpha value is -2.09. The lowest BCUT2D eigenvalue weighted by Gasteiger charge is -2.36. The van der Waals surface area contributed by atoms with Gasteiger partial charge < -0.3 is 10.2 Å². The molecule has 5 heteroatoms. The van der Waals surface area contributed by atoms with E-state index in [2.05, 4.69) is 16.4 Å². The zero-order chi connectivity index (χ0) is 12.3. The van der Waals surface area contributed by atoms with Crippen molar-refractivity contribution in [2.75, 3.05) is 18.0 Å². The van der Waals surface area contributed by atoms with Crippen LogP contribution in [0.3, 0.4) is 0 Å². The molecule has 1 aromatic heterocycles. The summed E-state index contributed by atoms with van der Waals surface area (Å²) < 4.78 is 0. The van der Waals surface area contributed by atoms with Crippen molar-refractivity contribution < 1.29 is 4.79 Å². The van der Waals surface area contributed by atoms with Crippen LogP contribution in [0.5, 0.6) is 0 Å². The zero-order valence-corrected chi connectivity index (χ0v) is 9.68. The summed E-state index contributed by atoms with van der Waals surface area (Å²) in [5.41, 5.74) is 1.12. The van der Waals surface area contributed by atoms with Crippen LogP contribution < -0.4 is 10.2 Å². The number of piperazine rings is 1. The van der Waals surface area contributed by atoms with Crippen molar-refractivity contribution >= 4 is 11.6 Å². The molecular formula is C12H14N4O. The van der Waals surface area contributed by atoms with Gasteiger partial charge in [-0.2, -0.15) is 5.26 Å². The highest BCUT2D eigenvalue weighted by Gasteiger charge is 2.29. The number of anilines is 1. The number of hydrogen-bond acceptors (Lipinski definition) is 4. The largest absolute Gasteiger partial charge is 0.355 e. The van der Waals surface area contributed by atoms with Gasteiger partial charge in [-0.15, -0.1) is 0 Å². The molecule has 0 saturated carbocycles. The summed E-state index contributed by atoms with van der Waals surface area (Å²) in [5.74, 6) is 0.0199. The van der Waals surface area contributed by atoms with Gasteiger partial charge in [-0.05, 0) is 18.6 Å². The molecular weight excluding hydrogens is 216 g/mol. The van der Waals surface area contributed by atoms with Gasteiger partial charge in [0.2, 0.25) is 5.91 Å². The van der Waals surface area contributed by atoms with Crippen molar-refractivity contribution in [3.8, 4) is 6.07 Å². The lowest BCUT2D eigenvalue weighted by Crippen LogP contribution is -2.55. The average Bonchev–Trinajstić information content (AvgIpc) is 2.38. The van der Waals surface area contributed by atoms with E-state index in [0.29, 0.717) is 25.2 Å². The Morgan fingerprint density at radius 2 is 2.53 bits per heavy atom. The second-order valence-corrected chi connectivity index (χ2v) is 3.89. The fourth-order valence-electron chi connectivity index (χ4n) is 2.12. The average molecular weight is 230 g/mol. The normalized spacial score (nSPS) is 19.6. The van der Waals surface area contributed by atoms with E-state index in [0.717, 1.165) is 5.69 Å². The highest BCUT2D eigenvalue weighted by molar-refractivity contribution is 5.86. The molecule has 1 amide bonds. The fraction of sp³-hybridized carbons (Fsp3) is 0.417. The van der Waals surface area contributed by atoms with Crippen molar-refractivity contribution in [1.29, 1.82) is 5.26 Å². The first-order chi connectivity index (χ1) is 8.27. The maximum atomic E-state index is 11.8. The Morgan fingerprint density at radius 1 is 1.71 bits per heavy atom. The van der Waals surface area contributed by atoms with Crippen LogP contribution in [0.1, 0.15) is 19.0 Å². The molecule has 1 unspecified atom stereocenters. The first-order valence-corrected chi connectivity index (χ1v) is 5.67. The van der Waals surface area contributed by atoms with Crippen molar-refractivity contribution in [2.45, 2.75) is 19.4 Å². The third-order valence-corrected chi connectivity index (χ3v) is 2.92. The maximum absolute atomic E-state index is 11.8. The number of nitrogens with one attached hydrogen (secondary N) is 1. The van der Waals surface area contributed by atoms with Gasteiger partial charge in [-0.25, -0.2) is 4.98 Å². The minimum atomic E-state index is -0.208. The van der Waals surface area contributed by atoms with E-state index in [9.17, 15) is 4.79 Å². The van der Waals surface area contributed by atoms with Gasteiger partial charge in [0.15, 0.2) is 5.69 Å². The van der Waals surface area contributed by atoms with Crippen LogP contribution in [0.15, 0.2) is 18.3 Å². The molecule has 1 aliphatic heterocycles. The first kappa shape index (κ1) is 11.4. The van der Waals surface area contributed by atoms with Gasteiger partial charge in [0.25, 0.3) is 0 Å². The van der Waals surface area contributed by atoms with Gasteiger partial charge in [0, 0.05) is 19.3 Å². The Balaban J connectivity index is 2.37. The van der Waals surface area contributed by atoms with Crippen LogP contribution in [0.25, 0.3) is 0 Å². The van der Waals surface area contributed by atoms with E-state index in [4.69, 9.17) is 5.26 Å². The molecule has 1 atom stereocenters. The number of rotatable bonds is 2. The molecule has 0 aromatic carbocycles. The molecule has 0 aliphatic carbocycles. The lowest BCUT2D eigenvalue weighted by molar-refractivity contribution is -0.123. The van der Waals surface area contributed by atoms with Gasteiger partial charge >= 0.3 is 0 Å². The number of hydrogen-bond donors (Lipinski definition) is 1. The number of nitriles is 1. The molecule has 1 fully saturated rings. The molecule has 1 aromatic rings. The van der Waals surface area contributed by atoms with E-state index >= 15 is 0 Å². The van der Waals surface area contributed by atoms with Crippen molar-refractivity contribution in [2.24, 2.45) is 0 Å². The SMILES string of the molecule is CCC1C(=O)NCCN1c1cccnc1C#N. The number of carbonyl (C=O) groups is 1. The summed E-state index contributed by atoms with van der Waals surface area (Å²) >= 11 is 0. The second-order valence-electron chi connectivity index (χ2n) is 3.89. The van der Waals surface area contributed by atoms with Gasteiger partial charge in [-0.3, -0.25) is 4.79 Å². The van der Waals surface area contributed by atoms with Crippen molar-refractivity contribution in [3.05, 3.63) is 24.0 Å². The molecule has 5 nitrogen and oxygen atoms in total. The fourth-order valence-corrected chi connectivity index (χ4v) is 2.12. The molecule has 1 saturated heterocycles. The van der Waals surface area contributed by atoms with Gasteiger partial charge in [0.1, 0.15) is 12.1 Å². The number of pyridine rings is 1. The summed E-state index contributed by atoms with van der Waals surface area (Å²) in [6.07, 6.45) is 2.30. The Labute approximate surface area is 100 Å². The molecule has 2 heterocycles. The topological polar surface area (TPSA) is 69.0 Å².